The monoisotopic (exact) mass is 522 g/mol. The minimum atomic E-state index is -0.440. The molecule has 1 saturated heterocycles. The van der Waals surface area contributed by atoms with E-state index < -0.39 is 5.91 Å². The van der Waals surface area contributed by atoms with Crippen molar-refractivity contribution in [2.45, 2.75) is 19.9 Å². The number of nitrogens with two attached hydrogens (primary N) is 1. The Labute approximate surface area is 228 Å². The number of H-pyrrole nitrogens is 1. The Balaban J connectivity index is 1.49. The van der Waals surface area contributed by atoms with Crippen LogP contribution in [-0.2, 0) is 0 Å². The van der Waals surface area contributed by atoms with Crippen LogP contribution < -0.4 is 16.0 Å². The lowest BCUT2D eigenvalue weighted by molar-refractivity contribution is 0.0942. The van der Waals surface area contributed by atoms with E-state index in [1.54, 1.807) is 12.1 Å². The molecule has 0 saturated carbocycles. The van der Waals surface area contributed by atoms with Gasteiger partial charge >= 0.3 is 0 Å². The molecule has 4 aromatic rings. The predicted octanol–water partition coefficient (Wildman–Crippen LogP) is 4.40. The van der Waals surface area contributed by atoms with Crippen LogP contribution in [0.5, 0.6) is 0 Å². The Hall–Kier alpha value is -4.43. The molecule has 0 bridgehead atoms. The third-order valence-electron chi connectivity index (χ3n) is 7.05. The number of nitrogens with zero attached hydrogens (tertiary/aromatic N) is 3. The van der Waals surface area contributed by atoms with Crippen molar-refractivity contribution in [3.63, 3.8) is 0 Å². The van der Waals surface area contributed by atoms with Crippen molar-refractivity contribution < 1.29 is 9.59 Å². The van der Waals surface area contributed by atoms with Crippen LogP contribution in [0.4, 0.5) is 5.69 Å². The van der Waals surface area contributed by atoms with Crippen LogP contribution >= 0.6 is 0 Å². The van der Waals surface area contributed by atoms with Crippen LogP contribution in [0.15, 0.2) is 72.8 Å². The topological polar surface area (TPSA) is 107 Å². The molecule has 1 aromatic heterocycles. The van der Waals surface area contributed by atoms with E-state index in [-0.39, 0.29) is 11.9 Å². The lowest BCUT2D eigenvalue weighted by Crippen LogP contribution is -2.44. The first kappa shape index (κ1) is 26.2. The Bertz CT molecular complexity index is 1480. The second-order valence-electron chi connectivity index (χ2n) is 10.3. The van der Waals surface area contributed by atoms with E-state index in [1.165, 1.54) is 0 Å². The number of nitrogens with one attached hydrogen (secondary N) is 2. The summed E-state index contributed by atoms with van der Waals surface area (Å²) in [5.74, 6) is -0.542. The summed E-state index contributed by atoms with van der Waals surface area (Å²) in [7, 11) is 2.15. The van der Waals surface area contributed by atoms with Crippen LogP contribution in [0.25, 0.3) is 33.6 Å². The quantitative estimate of drug-likeness (QED) is 0.334. The number of carbonyl (C=O) groups excluding carboxylic acids is 2. The van der Waals surface area contributed by atoms with Gasteiger partial charge in [0.1, 0.15) is 0 Å². The first-order valence-electron chi connectivity index (χ1n) is 13.2. The maximum absolute atomic E-state index is 12.5. The van der Waals surface area contributed by atoms with Crippen LogP contribution in [0, 0.1) is 0 Å². The van der Waals surface area contributed by atoms with Crippen LogP contribution in [0.3, 0.4) is 0 Å². The molecule has 0 unspecified atom stereocenters. The highest BCUT2D eigenvalue weighted by atomic mass is 16.2. The summed E-state index contributed by atoms with van der Waals surface area (Å²) in [6, 6.07) is 23.4. The third kappa shape index (κ3) is 5.86. The molecule has 200 valence electrons. The first-order valence-corrected chi connectivity index (χ1v) is 13.2. The van der Waals surface area contributed by atoms with Crippen molar-refractivity contribution in [3.8, 4) is 33.6 Å². The molecule has 0 aliphatic carbocycles. The third-order valence-corrected chi connectivity index (χ3v) is 7.05. The molecule has 8 heteroatoms. The number of anilines is 1. The minimum Gasteiger partial charge on any atom is -0.368 e. The number of hydrogen-bond donors (Lipinski definition) is 3. The summed E-state index contributed by atoms with van der Waals surface area (Å²) in [6.07, 6.45) is 0. The van der Waals surface area contributed by atoms with Gasteiger partial charge < -0.3 is 20.9 Å². The maximum Gasteiger partial charge on any atom is 0.251 e. The smallest absolute Gasteiger partial charge is 0.251 e. The first-order chi connectivity index (χ1) is 18.8. The van der Waals surface area contributed by atoms with Crippen molar-refractivity contribution in [3.05, 3.63) is 83.9 Å². The van der Waals surface area contributed by atoms with Crippen molar-refractivity contribution in [1.82, 2.24) is 20.4 Å². The molecule has 5 rings (SSSR count). The van der Waals surface area contributed by atoms with Gasteiger partial charge in [0.2, 0.25) is 5.91 Å². The zero-order valence-electron chi connectivity index (χ0n) is 22.6. The zero-order valence-corrected chi connectivity index (χ0v) is 22.6. The number of aromatic nitrogens is 2. The molecule has 4 N–H and O–H groups in total. The zero-order chi connectivity index (χ0) is 27.5. The van der Waals surface area contributed by atoms with Crippen molar-refractivity contribution in [2.24, 2.45) is 5.73 Å². The van der Waals surface area contributed by atoms with Gasteiger partial charge in [0.25, 0.3) is 5.91 Å². The van der Waals surface area contributed by atoms with Gasteiger partial charge in [0, 0.05) is 65.7 Å². The average Bonchev–Trinajstić information content (AvgIpc) is 3.44. The van der Waals surface area contributed by atoms with E-state index in [2.05, 4.69) is 50.6 Å². The van der Waals surface area contributed by atoms with Gasteiger partial charge in [0.15, 0.2) is 0 Å². The van der Waals surface area contributed by atoms with Gasteiger partial charge in [-0.2, -0.15) is 5.10 Å². The summed E-state index contributed by atoms with van der Waals surface area (Å²) < 4.78 is 0. The Morgan fingerprint density at radius 1 is 0.872 bits per heavy atom. The molecule has 2 amide bonds. The van der Waals surface area contributed by atoms with Crippen molar-refractivity contribution in [1.29, 1.82) is 0 Å². The Morgan fingerprint density at radius 2 is 1.59 bits per heavy atom. The fourth-order valence-corrected chi connectivity index (χ4v) is 4.85. The molecular weight excluding hydrogens is 488 g/mol. The number of hydrogen-bond acceptors (Lipinski definition) is 5. The maximum atomic E-state index is 12.5. The van der Waals surface area contributed by atoms with E-state index >= 15 is 0 Å². The summed E-state index contributed by atoms with van der Waals surface area (Å²) in [6.45, 7) is 7.77. The number of piperazine rings is 1. The number of rotatable bonds is 7. The highest BCUT2D eigenvalue weighted by molar-refractivity contribution is 5.96. The van der Waals surface area contributed by atoms with E-state index in [0.717, 1.165) is 65.5 Å². The molecule has 0 atom stereocenters. The number of carbonyl (C=O) groups is 2. The molecule has 1 aliphatic heterocycles. The standard InChI is InChI=1S/C31H34N6O2/c1-20(2)33-31(39)25-6-4-5-23(17-25)27-19-28(35-34-27)24-11-12-29(37-15-13-36(3)14-16-37)26(18-24)21-7-9-22(10-8-21)30(32)38/h4-12,17-20H,13-16H2,1-3H3,(H2,32,38)(H,33,39)(H,34,35). The molecule has 1 fully saturated rings. The summed E-state index contributed by atoms with van der Waals surface area (Å²) in [5.41, 5.74) is 13.3. The highest BCUT2D eigenvalue weighted by Gasteiger charge is 2.19. The normalized spacial score (nSPS) is 14.0. The van der Waals surface area contributed by atoms with E-state index in [1.807, 2.05) is 56.3 Å². The van der Waals surface area contributed by atoms with Crippen molar-refractivity contribution in [2.75, 3.05) is 38.1 Å². The second-order valence-corrected chi connectivity index (χ2v) is 10.3. The molecule has 0 spiro atoms. The average molecular weight is 523 g/mol. The lowest BCUT2D eigenvalue weighted by Gasteiger charge is -2.35. The molecule has 2 heterocycles. The molecule has 8 nitrogen and oxygen atoms in total. The van der Waals surface area contributed by atoms with Gasteiger partial charge in [-0.25, -0.2) is 0 Å². The lowest BCUT2D eigenvalue weighted by atomic mass is 9.97. The number of likely N-dealkylation sites (N-methyl/N-ethyl adjacent to an activating group) is 1. The summed E-state index contributed by atoms with van der Waals surface area (Å²) >= 11 is 0. The van der Waals surface area contributed by atoms with Gasteiger partial charge in [-0.1, -0.05) is 30.3 Å². The highest BCUT2D eigenvalue weighted by Crippen LogP contribution is 2.36. The van der Waals surface area contributed by atoms with E-state index in [9.17, 15) is 9.59 Å². The minimum absolute atomic E-state index is 0.0631. The predicted molar refractivity (Wildman–Crippen MR) is 156 cm³/mol. The van der Waals surface area contributed by atoms with Crippen LogP contribution in [-0.4, -0.2) is 66.2 Å². The van der Waals surface area contributed by atoms with Crippen LogP contribution in [0.2, 0.25) is 0 Å². The molecular formula is C31H34N6O2. The fourth-order valence-electron chi connectivity index (χ4n) is 4.85. The van der Waals surface area contributed by atoms with Crippen LogP contribution in [0.1, 0.15) is 34.6 Å². The fraction of sp³-hybridized carbons (Fsp3) is 0.258. The molecule has 0 radical (unpaired) electrons. The Morgan fingerprint density at radius 3 is 2.28 bits per heavy atom. The molecule has 39 heavy (non-hydrogen) atoms. The molecule has 1 aliphatic rings. The number of amides is 2. The second kappa shape index (κ2) is 11.1. The summed E-state index contributed by atoms with van der Waals surface area (Å²) in [5, 5.41) is 10.7. The van der Waals surface area contributed by atoms with E-state index in [0.29, 0.717) is 11.1 Å². The van der Waals surface area contributed by atoms with Gasteiger partial charge in [-0.3, -0.25) is 14.7 Å². The Kier molecular flexibility index (Phi) is 7.47. The van der Waals surface area contributed by atoms with E-state index in [4.69, 9.17) is 5.73 Å². The van der Waals surface area contributed by atoms with Crippen molar-refractivity contribution >= 4 is 17.5 Å². The van der Waals surface area contributed by atoms with Gasteiger partial charge in [-0.15, -0.1) is 0 Å². The van der Waals surface area contributed by atoms with Gasteiger partial charge in [-0.05, 0) is 68.9 Å². The van der Waals surface area contributed by atoms with Gasteiger partial charge in [0.05, 0.1) is 11.4 Å². The largest absolute Gasteiger partial charge is 0.368 e. The SMILES string of the molecule is CC(C)NC(=O)c1cccc(-c2cc(-c3ccc(N4CCN(C)CC4)c(-c4ccc(C(N)=O)cc4)c3)[nH]n2)c1. The summed E-state index contributed by atoms with van der Waals surface area (Å²) in [4.78, 5) is 28.9. The number of aromatic amines is 1. The number of benzene rings is 3. The number of primary amides is 1. The molecule has 3 aromatic carbocycles.